The molecule has 2 N–H and O–H groups in total. The van der Waals surface area contributed by atoms with Gasteiger partial charge in [-0.25, -0.2) is 9.97 Å². The van der Waals surface area contributed by atoms with Gasteiger partial charge in [0.15, 0.2) is 0 Å². The maximum atomic E-state index is 4.52. The first-order valence-electron chi connectivity index (χ1n) is 8.56. The molecule has 3 aromatic rings. The molecule has 1 unspecified atom stereocenters. The Balaban J connectivity index is 1.52. The SMILES string of the molecule is c1ccc2c(c1)CCCC2Nc1ncnc2[nH]c(C3CC3)cc12. The molecule has 0 spiro atoms. The number of nitrogens with one attached hydrogen (secondary N) is 2. The fraction of sp³-hybridized carbons (Fsp3) is 0.368. The number of aromatic amines is 1. The van der Waals surface area contributed by atoms with E-state index in [1.54, 1.807) is 6.33 Å². The zero-order valence-corrected chi connectivity index (χ0v) is 13.0. The Hall–Kier alpha value is -2.36. The minimum atomic E-state index is 0.345. The fourth-order valence-corrected chi connectivity index (χ4v) is 3.76. The predicted molar refractivity (Wildman–Crippen MR) is 91.6 cm³/mol. The Labute approximate surface area is 135 Å². The second-order valence-electron chi connectivity index (χ2n) is 6.77. The van der Waals surface area contributed by atoms with Gasteiger partial charge < -0.3 is 10.3 Å². The normalized spacial score (nSPS) is 20.4. The highest BCUT2D eigenvalue weighted by atomic mass is 15.1. The van der Waals surface area contributed by atoms with E-state index in [1.807, 2.05) is 0 Å². The monoisotopic (exact) mass is 304 g/mol. The predicted octanol–water partition coefficient (Wildman–Crippen LogP) is 4.32. The lowest BCUT2D eigenvalue weighted by molar-refractivity contribution is 0.599. The number of H-pyrrole nitrogens is 1. The van der Waals surface area contributed by atoms with Gasteiger partial charge in [0.1, 0.15) is 17.8 Å². The molecule has 0 saturated heterocycles. The molecule has 2 aromatic heterocycles. The number of aryl methyl sites for hydroxylation is 1. The van der Waals surface area contributed by atoms with Crippen LogP contribution in [0.1, 0.15) is 54.5 Å². The van der Waals surface area contributed by atoms with Crippen LogP contribution in [0.25, 0.3) is 11.0 Å². The van der Waals surface area contributed by atoms with Gasteiger partial charge >= 0.3 is 0 Å². The number of hydrogen-bond donors (Lipinski definition) is 2. The van der Waals surface area contributed by atoms with Crippen LogP contribution in [-0.2, 0) is 6.42 Å². The first kappa shape index (κ1) is 13.1. The van der Waals surface area contributed by atoms with E-state index in [0.29, 0.717) is 12.0 Å². The summed E-state index contributed by atoms with van der Waals surface area (Å²) in [6, 6.07) is 11.4. The minimum Gasteiger partial charge on any atom is -0.363 e. The average Bonchev–Trinajstić information content (AvgIpc) is 3.34. The third-order valence-electron chi connectivity index (χ3n) is 5.14. The van der Waals surface area contributed by atoms with Gasteiger partial charge in [-0.3, -0.25) is 0 Å². The summed E-state index contributed by atoms with van der Waals surface area (Å²) in [5, 5.41) is 4.80. The lowest BCUT2D eigenvalue weighted by Crippen LogP contribution is -2.18. The first-order chi connectivity index (χ1) is 11.4. The molecule has 2 heterocycles. The first-order valence-corrected chi connectivity index (χ1v) is 8.56. The quantitative estimate of drug-likeness (QED) is 0.757. The fourth-order valence-electron chi connectivity index (χ4n) is 3.76. The van der Waals surface area contributed by atoms with Gasteiger partial charge in [-0.05, 0) is 55.2 Å². The van der Waals surface area contributed by atoms with Crippen LogP contribution in [-0.4, -0.2) is 15.0 Å². The molecule has 5 rings (SSSR count). The van der Waals surface area contributed by atoms with Gasteiger partial charge in [0.2, 0.25) is 0 Å². The standard InChI is InChI=1S/C19H20N4/c1-2-6-14-12(4-1)5-3-7-16(14)22-18-15-10-17(13-8-9-13)23-19(15)21-11-20-18/h1-2,4,6,10-11,13,16H,3,5,7-9H2,(H2,20,21,22,23). The maximum absolute atomic E-state index is 4.52. The molecule has 1 aromatic carbocycles. The molecule has 23 heavy (non-hydrogen) atoms. The van der Waals surface area contributed by atoms with Crippen molar-refractivity contribution in [1.29, 1.82) is 0 Å². The maximum Gasteiger partial charge on any atom is 0.143 e. The van der Waals surface area contributed by atoms with E-state index in [9.17, 15) is 0 Å². The topological polar surface area (TPSA) is 53.6 Å². The summed E-state index contributed by atoms with van der Waals surface area (Å²) in [6.45, 7) is 0. The van der Waals surface area contributed by atoms with Gasteiger partial charge in [0.25, 0.3) is 0 Å². The number of aromatic nitrogens is 3. The highest BCUT2D eigenvalue weighted by molar-refractivity contribution is 5.88. The summed E-state index contributed by atoms with van der Waals surface area (Å²) >= 11 is 0. The molecule has 1 atom stereocenters. The number of fused-ring (bicyclic) bond motifs is 2. The average molecular weight is 304 g/mol. The zero-order valence-electron chi connectivity index (χ0n) is 13.0. The molecule has 4 heteroatoms. The lowest BCUT2D eigenvalue weighted by atomic mass is 9.88. The third kappa shape index (κ3) is 2.29. The van der Waals surface area contributed by atoms with Crippen molar-refractivity contribution in [3.05, 3.63) is 53.5 Å². The molecular weight excluding hydrogens is 284 g/mol. The summed E-state index contributed by atoms with van der Waals surface area (Å²) in [4.78, 5) is 12.4. The highest BCUT2D eigenvalue weighted by Crippen LogP contribution is 2.41. The second-order valence-corrected chi connectivity index (χ2v) is 6.77. The minimum absolute atomic E-state index is 0.345. The molecule has 0 aliphatic heterocycles. The summed E-state index contributed by atoms with van der Waals surface area (Å²) in [5.74, 6) is 1.66. The van der Waals surface area contributed by atoms with E-state index in [1.165, 1.54) is 42.5 Å². The molecule has 2 aliphatic rings. The van der Waals surface area contributed by atoms with Gasteiger partial charge in [-0.1, -0.05) is 24.3 Å². The van der Waals surface area contributed by atoms with Crippen molar-refractivity contribution < 1.29 is 0 Å². The van der Waals surface area contributed by atoms with Crippen molar-refractivity contribution in [1.82, 2.24) is 15.0 Å². The number of nitrogens with zero attached hydrogens (tertiary/aromatic N) is 2. The van der Waals surface area contributed by atoms with Crippen LogP contribution < -0.4 is 5.32 Å². The van der Waals surface area contributed by atoms with Gasteiger partial charge in [0.05, 0.1) is 11.4 Å². The van der Waals surface area contributed by atoms with Gasteiger partial charge in [-0.15, -0.1) is 0 Å². The highest BCUT2D eigenvalue weighted by Gasteiger charge is 2.26. The molecule has 1 saturated carbocycles. The van der Waals surface area contributed by atoms with Gasteiger partial charge in [0, 0.05) is 5.69 Å². The van der Waals surface area contributed by atoms with Crippen molar-refractivity contribution >= 4 is 16.9 Å². The van der Waals surface area contributed by atoms with E-state index in [0.717, 1.165) is 23.3 Å². The zero-order chi connectivity index (χ0) is 15.2. The third-order valence-corrected chi connectivity index (χ3v) is 5.14. The van der Waals surface area contributed by atoms with E-state index in [-0.39, 0.29) is 0 Å². The van der Waals surface area contributed by atoms with E-state index >= 15 is 0 Å². The summed E-state index contributed by atoms with van der Waals surface area (Å²) in [7, 11) is 0. The van der Waals surface area contributed by atoms with Crippen LogP contribution in [0.3, 0.4) is 0 Å². The van der Waals surface area contributed by atoms with Gasteiger partial charge in [-0.2, -0.15) is 0 Å². The van der Waals surface area contributed by atoms with Crippen molar-refractivity contribution in [3.8, 4) is 0 Å². The summed E-state index contributed by atoms with van der Waals surface area (Å²) in [6.07, 6.45) is 7.81. The van der Waals surface area contributed by atoms with Crippen molar-refractivity contribution in [2.75, 3.05) is 5.32 Å². The Bertz CT molecular complexity index is 863. The number of rotatable bonds is 3. The molecule has 4 nitrogen and oxygen atoms in total. The molecular formula is C19H20N4. The van der Waals surface area contributed by atoms with E-state index < -0.39 is 0 Å². The largest absolute Gasteiger partial charge is 0.363 e. The van der Waals surface area contributed by atoms with Crippen LogP contribution in [0, 0.1) is 0 Å². The molecule has 1 fully saturated rings. The summed E-state index contributed by atoms with van der Waals surface area (Å²) in [5.41, 5.74) is 5.15. The van der Waals surface area contributed by atoms with Crippen molar-refractivity contribution in [3.63, 3.8) is 0 Å². The Kier molecular flexibility index (Phi) is 2.90. The number of hydrogen-bond acceptors (Lipinski definition) is 3. The molecule has 0 amide bonds. The van der Waals surface area contributed by atoms with Crippen molar-refractivity contribution in [2.45, 2.75) is 44.1 Å². The Morgan fingerprint density at radius 1 is 1.09 bits per heavy atom. The van der Waals surface area contributed by atoms with Crippen LogP contribution in [0.2, 0.25) is 0 Å². The Morgan fingerprint density at radius 3 is 2.91 bits per heavy atom. The number of anilines is 1. The van der Waals surface area contributed by atoms with E-state index in [4.69, 9.17) is 0 Å². The van der Waals surface area contributed by atoms with Crippen molar-refractivity contribution in [2.24, 2.45) is 0 Å². The Morgan fingerprint density at radius 2 is 2.00 bits per heavy atom. The second kappa shape index (κ2) is 5.08. The molecule has 116 valence electrons. The lowest BCUT2D eigenvalue weighted by Gasteiger charge is -2.26. The van der Waals surface area contributed by atoms with Crippen LogP contribution in [0.5, 0.6) is 0 Å². The molecule has 0 radical (unpaired) electrons. The van der Waals surface area contributed by atoms with Crippen LogP contribution >= 0.6 is 0 Å². The molecule has 0 bridgehead atoms. The smallest absolute Gasteiger partial charge is 0.143 e. The summed E-state index contributed by atoms with van der Waals surface area (Å²) < 4.78 is 0. The van der Waals surface area contributed by atoms with Crippen LogP contribution in [0.15, 0.2) is 36.7 Å². The van der Waals surface area contributed by atoms with E-state index in [2.05, 4.69) is 50.6 Å². The van der Waals surface area contributed by atoms with Crippen LogP contribution in [0.4, 0.5) is 5.82 Å². The molecule has 2 aliphatic carbocycles. The number of benzene rings is 1.